The Balaban J connectivity index is 0. The van der Waals surface area contributed by atoms with Crippen LogP contribution in [0.2, 0.25) is 0 Å². The molecule has 0 bridgehead atoms. The molecule has 32 valence electrons. The number of hydrogen-bond acceptors (Lipinski definition) is 0. The second kappa shape index (κ2) is 149. The summed E-state index contributed by atoms with van der Waals surface area (Å²) in [4.78, 5) is 0. The molecule has 4 nitrogen and oxygen atoms in total. The molecule has 0 saturated heterocycles. The first-order chi connectivity index (χ1) is 0. The van der Waals surface area contributed by atoms with Gasteiger partial charge in [-0.3, -0.25) is 0 Å². The van der Waals surface area contributed by atoms with Gasteiger partial charge in [0.05, 0.1) is 0 Å². The van der Waals surface area contributed by atoms with Crippen molar-refractivity contribution in [2.24, 2.45) is 0 Å². The maximum absolute atomic E-state index is 0. The topological polar surface area (TPSA) is 114 Å². The fraction of sp³-hybridized carbons (Fsp3) is 0. The summed E-state index contributed by atoms with van der Waals surface area (Å²) in [7, 11) is 0. The summed E-state index contributed by atoms with van der Waals surface area (Å²) in [5, 5.41) is 0. The number of rotatable bonds is 0. The maximum atomic E-state index is 0. The van der Waals surface area contributed by atoms with Crippen molar-refractivity contribution in [1.29, 1.82) is 0 Å². The Morgan fingerprint density at radius 2 is 0.286 bits per heavy atom. The minimum absolute atomic E-state index is 0. The first-order valence-electron chi connectivity index (χ1n) is 0. The Bertz CT molecular complexity index is 6.90. The molecule has 0 N–H and O–H groups in total. The molecular weight excluding hydrogens is 145 g/mol. The molecule has 0 atom stereocenters. The zero-order valence-corrected chi connectivity index (χ0v) is 6.83. The average Bonchev–Trinajstić information content (AvgIpc) is 0. The molecule has 0 spiro atoms. The van der Waals surface area contributed by atoms with Crippen LogP contribution >= 0.6 is 0 Å². The van der Waals surface area contributed by atoms with Crippen LogP contribution in [0.5, 0.6) is 0 Å². The molecule has 0 rings (SSSR count). The van der Waals surface area contributed by atoms with Crippen LogP contribution in [-0.2, 0) is 21.9 Å². The van der Waals surface area contributed by atoms with Gasteiger partial charge in [-0.1, -0.05) is 0 Å². The van der Waals surface area contributed by atoms with Crippen molar-refractivity contribution in [2.45, 2.75) is 0 Å². The third-order valence-electron chi connectivity index (χ3n) is 0. The van der Waals surface area contributed by atoms with E-state index >= 15 is 0 Å². The first kappa shape index (κ1) is 226. The Labute approximate surface area is 73.9 Å². The third kappa shape index (κ3) is 106. The predicted octanol–water partition coefficient (Wildman–Crippen LogP) is -1.62. The minimum Gasteiger partial charge on any atom is -2.00 e. The van der Waals surface area contributed by atoms with Gasteiger partial charge in [0.15, 0.2) is 0 Å². The zero-order valence-electron chi connectivity index (χ0n) is 3.37. The summed E-state index contributed by atoms with van der Waals surface area (Å²) in [5.41, 5.74) is 0. The van der Waals surface area contributed by atoms with Crippen molar-refractivity contribution < 1.29 is 21.9 Å². The van der Waals surface area contributed by atoms with Crippen molar-refractivity contribution in [3.63, 3.8) is 0 Å². The molecule has 0 aromatic carbocycles. The van der Waals surface area contributed by atoms with E-state index in [1.165, 1.54) is 0 Å². The van der Waals surface area contributed by atoms with Gasteiger partial charge in [0, 0.05) is 0 Å². The SMILES string of the molecule is [Al+3].[Al+3].[Al+3].[O-2].[O-2].[O-2].[O-2]. The standard InChI is InChI=1S/3Al.4O/q3*+3;4*-2. The van der Waals surface area contributed by atoms with Gasteiger partial charge >= 0.3 is 52.1 Å². The van der Waals surface area contributed by atoms with Gasteiger partial charge in [-0.05, 0) is 0 Å². The summed E-state index contributed by atoms with van der Waals surface area (Å²) in [6.45, 7) is 0. The fourth-order valence-corrected chi connectivity index (χ4v) is 0. The average molecular weight is 145 g/mol. The summed E-state index contributed by atoms with van der Waals surface area (Å²) >= 11 is 0. The smallest absolute Gasteiger partial charge is 2.00 e. The van der Waals surface area contributed by atoms with Gasteiger partial charge in [-0.2, -0.15) is 0 Å². The van der Waals surface area contributed by atoms with Crippen molar-refractivity contribution in [1.82, 2.24) is 0 Å². The monoisotopic (exact) mass is 145 g/mol. The van der Waals surface area contributed by atoms with E-state index in [-0.39, 0.29) is 74.0 Å². The molecule has 0 unspecified atom stereocenters. The molecule has 0 aliphatic carbocycles. The Morgan fingerprint density at radius 1 is 0.286 bits per heavy atom. The largest absolute Gasteiger partial charge is 3.00 e. The second-order valence-corrected chi connectivity index (χ2v) is 0. The molecule has 7 heavy (non-hydrogen) atoms. The van der Waals surface area contributed by atoms with Gasteiger partial charge in [0.2, 0.25) is 0 Å². The van der Waals surface area contributed by atoms with Crippen LogP contribution in [0.15, 0.2) is 0 Å². The molecule has 0 aliphatic heterocycles. The van der Waals surface area contributed by atoms with Crippen molar-refractivity contribution in [2.75, 3.05) is 0 Å². The minimum atomic E-state index is 0. The van der Waals surface area contributed by atoms with Gasteiger partial charge in [-0.15, -0.1) is 0 Å². The maximum Gasteiger partial charge on any atom is 3.00 e. The van der Waals surface area contributed by atoms with Crippen LogP contribution in [-0.4, -0.2) is 52.1 Å². The predicted molar refractivity (Wildman–Crippen MR) is 20.0 cm³/mol. The van der Waals surface area contributed by atoms with Crippen LogP contribution in [0.3, 0.4) is 0 Å². The van der Waals surface area contributed by atoms with Crippen LogP contribution in [0.4, 0.5) is 0 Å². The molecule has 0 fully saturated rings. The summed E-state index contributed by atoms with van der Waals surface area (Å²) in [6, 6.07) is 0. The van der Waals surface area contributed by atoms with Crippen molar-refractivity contribution >= 4 is 52.1 Å². The van der Waals surface area contributed by atoms with Crippen LogP contribution in [0.25, 0.3) is 0 Å². The third-order valence-corrected chi connectivity index (χ3v) is 0. The van der Waals surface area contributed by atoms with E-state index in [0.717, 1.165) is 0 Å². The molecule has 0 aromatic heterocycles. The van der Waals surface area contributed by atoms with Gasteiger partial charge in [0.1, 0.15) is 0 Å². The van der Waals surface area contributed by atoms with E-state index < -0.39 is 0 Å². The molecule has 0 amide bonds. The quantitative estimate of drug-likeness (QED) is 0.364. The summed E-state index contributed by atoms with van der Waals surface area (Å²) < 4.78 is 0. The molecular formula is Al3O4+. The Hall–Kier alpha value is 1.44. The summed E-state index contributed by atoms with van der Waals surface area (Å²) in [6.07, 6.45) is 0. The molecule has 0 aliphatic rings. The van der Waals surface area contributed by atoms with Crippen LogP contribution in [0, 0.1) is 0 Å². The molecule has 0 aromatic rings. The first-order valence-corrected chi connectivity index (χ1v) is 0. The van der Waals surface area contributed by atoms with E-state index in [4.69, 9.17) is 0 Å². The Kier molecular flexibility index (Phi) is 4810. The van der Waals surface area contributed by atoms with Crippen LogP contribution in [0.1, 0.15) is 0 Å². The normalized spacial score (nSPS) is 0. The molecule has 0 radical (unpaired) electrons. The van der Waals surface area contributed by atoms with E-state index in [0.29, 0.717) is 0 Å². The Morgan fingerprint density at radius 3 is 0.286 bits per heavy atom. The van der Waals surface area contributed by atoms with E-state index in [9.17, 15) is 0 Å². The second-order valence-electron chi connectivity index (χ2n) is 0. The van der Waals surface area contributed by atoms with Gasteiger partial charge < -0.3 is 21.9 Å². The van der Waals surface area contributed by atoms with E-state index in [1.54, 1.807) is 0 Å². The van der Waals surface area contributed by atoms with E-state index in [2.05, 4.69) is 0 Å². The number of hydrogen-bond donors (Lipinski definition) is 0. The van der Waals surface area contributed by atoms with E-state index in [1.807, 2.05) is 0 Å². The molecule has 7 heteroatoms. The fourth-order valence-electron chi connectivity index (χ4n) is 0. The van der Waals surface area contributed by atoms with Crippen LogP contribution < -0.4 is 0 Å². The molecule has 0 heterocycles. The zero-order chi connectivity index (χ0) is 0. The van der Waals surface area contributed by atoms with Crippen molar-refractivity contribution in [3.8, 4) is 0 Å². The van der Waals surface area contributed by atoms with Gasteiger partial charge in [-0.25, -0.2) is 0 Å². The molecule has 0 saturated carbocycles. The van der Waals surface area contributed by atoms with Crippen molar-refractivity contribution in [3.05, 3.63) is 0 Å². The van der Waals surface area contributed by atoms with Gasteiger partial charge in [0.25, 0.3) is 0 Å². The summed E-state index contributed by atoms with van der Waals surface area (Å²) in [5.74, 6) is 0.